The normalized spacial score (nSPS) is 11.8. The lowest BCUT2D eigenvalue weighted by molar-refractivity contribution is -0.117. The van der Waals surface area contributed by atoms with Gasteiger partial charge in [-0.2, -0.15) is 5.10 Å². The van der Waals surface area contributed by atoms with Gasteiger partial charge in [0.05, 0.1) is 32.7 Å². The van der Waals surface area contributed by atoms with E-state index < -0.39 is 5.82 Å². The van der Waals surface area contributed by atoms with E-state index in [1.54, 1.807) is 30.6 Å². The van der Waals surface area contributed by atoms with Crippen LogP contribution in [0.3, 0.4) is 0 Å². The van der Waals surface area contributed by atoms with Crippen molar-refractivity contribution in [3.8, 4) is 33.2 Å². The second-order valence-corrected chi connectivity index (χ2v) is 12.1. The number of carbonyl (C=O) groups excluding carboxylic acids is 2. The number of rotatable bonds is 6. The average Bonchev–Trinajstić information content (AvgIpc) is 3.64. The molecule has 6 aromatic rings. The van der Waals surface area contributed by atoms with Crippen LogP contribution in [0.1, 0.15) is 43.8 Å². The molecule has 3 N–H and O–H groups in total. The van der Waals surface area contributed by atoms with Gasteiger partial charge in [0.15, 0.2) is 11.6 Å². The number of aromatic amines is 2. The maximum absolute atomic E-state index is 15.3. The summed E-state index contributed by atoms with van der Waals surface area (Å²) in [4.78, 5) is 42.6. The van der Waals surface area contributed by atoms with Gasteiger partial charge in [-0.1, -0.05) is 20.8 Å². The molecule has 5 aromatic heterocycles. The summed E-state index contributed by atoms with van der Waals surface area (Å²) in [5.41, 5.74) is 4.22. The van der Waals surface area contributed by atoms with E-state index in [9.17, 15) is 9.59 Å². The third kappa shape index (κ3) is 5.23. The molecule has 0 bridgehead atoms. The van der Waals surface area contributed by atoms with Crippen molar-refractivity contribution in [2.75, 3.05) is 5.32 Å². The first-order chi connectivity index (χ1) is 19.6. The van der Waals surface area contributed by atoms with E-state index in [0.717, 1.165) is 10.4 Å². The van der Waals surface area contributed by atoms with Crippen LogP contribution in [-0.4, -0.2) is 41.8 Å². The number of Topliss-reactive ketones (excluding diaryl/α,β-unsaturated/α-hetero) is 1. The van der Waals surface area contributed by atoms with Crippen LogP contribution in [0.4, 0.5) is 10.1 Å². The number of pyridine rings is 2. The zero-order chi connectivity index (χ0) is 28.9. The highest BCUT2D eigenvalue weighted by molar-refractivity contribution is 7.17. The topological polar surface area (TPSA) is 129 Å². The molecule has 5 heterocycles. The molecule has 1 aromatic carbocycles. The van der Waals surface area contributed by atoms with Crippen LogP contribution in [0.15, 0.2) is 55.0 Å². The molecule has 0 aliphatic carbocycles. The van der Waals surface area contributed by atoms with E-state index in [-0.39, 0.29) is 17.1 Å². The SMILES string of the molecule is CC(=O)c1ccc(-c2nccc3[nH]c(-c4n[nH]c5cc(F)c(-c6cncc(NC(=O)CC(C)(C)C)c6)cc45)nc23)s1. The molecule has 0 spiro atoms. The maximum atomic E-state index is 15.3. The molecule has 0 saturated heterocycles. The number of aromatic nitrogens is 6. The number of fused-ring (bicyclic) bond motifs is 2. The van der Waals surface area contributed by atoms with Gasteiger partial charge < -0.3 is 10.3 Å². The first-order valence-electron chi connectivity index (χ1n) is 12.9. The zero-order valence-electron chi connectivity index (χ0n) is 22.8. The number of imidazole rings is 1. The Bertz CT molecular complexity index is 1960. The number of nitrogens with one attached hydrogen (secondary N) is 3. The fraction of sp³-hybridized carbons (Fsp3) is 0.200. The molecule has 6 rings (SSSR count). The number of hydrogen-bond donors (Lipinski definition) is 3. The smallest absolute Gasteiger partial charge is 0.224 e. The number of carbonyl (C=O) groups is 2. The highest BCUT2D eigenvalue weighted by atomic mass is 32.1. The number of nitrogens with zero attached hydrogens (tertiary/aromatic N) is 4. The van der Waals surface area contributed by atoms with Gasteiger partial charge in [0.1, 0.15) is 22.7 Å². The summed E-state index contributed by atoms with van der Waals surface area (Å²) >= 11 is 1.36. The molecule has 9 nitrogen and oxygen atoms in total. The van der Waals surface area contributed by atoms with Gasteiger partial charge in [0, 0.05) is 41.4 Å². The Hall–Kier alpha value is -4.77. The van der Waals surface area contributed by atoms with Gasteiger partial charge in [0.25, 0.3) is 0 Å². The zero-order valence-corrected chi connectivity index (χ0v) is 23.6. The summed E-state index contributed by atoms with van der Waals surface area (Å²) in [6.45, 7) is 7.49. The first-order valence-corrected chi connectivity index (χ1v) is 13.8. The summed E-state index contributed by atoms with van der Waals surface area (Å²) < 4.78 is 15.3. The van der Waals surface area contributed by atoms with Gasteiger partial charge in [-0.3, -0.25) is 24.7 Å². The molecule has 0 aliphatic heterocycles. The molecular formula is C30H26FN7O2S. The molecule has 11 heteroatoms. The van der Waals surface area contributed by atoms with E-state index >= 15 is 4.39 Å². The van der Waals surface area contributed by atoms with Gasteiger partial charge in [-0.15, -0.1) is 11.3 Å². The highest BCUT2D eigenvalue weighted by Crippen LogP contribution is 2.35. The van der Waals surface area contributed by atoms with Crippen molar-refractivity contribution in [2.24, 2.45) is 5.41 Å². The minimum atomic E-state index is -0.456. The Morgan fingerprint density at radius 1 is 1.05 bits per heavy atom. The van der Waals surface area contributed by atoms with Crippen molar-refractivity contribution in [1.82, 2.24) is 30.1 Å². The Morgan fingerprint density at radius 2 is 1.88 bits per heavy atom. The van der Waals surface area contributed by atoms with E-state index in [4.69, 9.17) is 4.98 Å². The second-order valence-electron chi connectivity index (χ2n) is 11.1. The summed E-state index contributed by atoms with van der Waals surface area (Å²) in [5, 5.41) is 10.9. The maximum Gasteiger partial charge on any atom is 0.224 e. The highest BCUT2D eigenvalue weighted by Gasteiger charge is 2.20. The molecular weight excluding hydrogens is 541 g/mol. The van der Waals surface area contributed by atoms with Crippen molar-refractivity contribution >= 4 is 50.7 Å². The van der Waals surface area contributed by atoms with Crippen LogP contribution in [0, 0.1) is 11.2 Å². The number of anilines is 1. The number of halogens is 1. The molecule has 206 valence electrons. The van der Waals surface area contributed by atoms with E-state index in [1.165, 1.54) is 30.5 Å². The summed E-state index contributed by atoms with van der Waals surface area (Å²) in [6.07, 6.45) is 5.12. The fourth-order valence-electron chi connectivity index (χ4n) is 4.66. The Kier molecular flexibility index (Phi) is 6.46. The molecule has 0 saturated carbocycles. The molecule has 0 unspecified atom stereocenters. The summed E-state index contributed by atoms with van der Waals surface area (Å²) in [5.74, 6) is -0.107. The Labute approximate surface area is 238 Å². The van der Waals surface area contributed by atoms with E-state index in [1.807, 2.05) is 32.9 Å². The number of thiophene rings is 1. The number of hydrogen-bond acceptors (Lipinski definition) is 7. The minimum absolute atomic E-state index is 0.00445. The van der Waals surface area contributed by atoms with Gasteiger partial charge >= 0.3 is 0 Å². The average molecular weight is 568 g/mol. The Morgan fingerprint density at radius 3 is 2.63 bits per heavy atom. The minimum Gasteiger partial charge on any atom is -0.336 e. The molecule has 1 amide bonds. The largest absolute Gasteiger partial charge is 0.336 e. The standard InChI is InChI=1S/C30H26FN7O2S/c1-15(39)23-5-6-24(41-23)28-27-21(7-8-33-28)35-29(36-27)26-19-10-18(20(31)11-22(19)37-38-26)16-9-17(14-32-13-16)34-25(40)12-30(2,3)4/h5-11,13-14H,12H2,1-4H3,(H,34,40)(H,35,36)(H,37,38). The van der Waals surface area contributed by atoms with Crippen LogP contribution >= 0.6 is 11.3 Å². The van der Waals surface area contributed by atoms with E-state index in [2.05, 4.69) is 30.5 Å². The lowest BCUT2D eigenvalue weighted by Crippen LogP contribution is -2.19. The fourth-order valence-corrected chi connectivity index (χ4v) is 5.56. The van der Waals surface area contributed by atoms with Crippen molar-refractivity contribution < 1.29 is 14.0 Å². The number of H-pyrrole nitrogens is 2. The molecule has 0 aliphatic rings. The van der Waals surface area contributed by atoms with Crippen LogP contribution in [-0.2, 0) is 4.79 Å². The van der Waals surface area contributed by atoms with Gasteiger partial charge in [-0.05, 0) is 42.7 Å². The van der Waals surface area contributed by atoms with Gasteiger partial charge in [-0.25, -0.2) is 9.37 Å². The van der Waals surface area contributed by atoms with Crippen LogP contribution < -0.4 is 5.32 Å². The Balaban J connectivity index is 1.39. The van der Waals surface area contributed by atoms with Crippen LogP contribution in [0.2, 0.25) is 0 Å². The molecule has 41 heavy (non-hydrogen) atoms. The number of ketones is 1. The number of benzene rings is 1. The first kappa shape index (κ1) is 26.5. The second kappa shape index (κ2) is 10.0. The van der Waals surface area contributed by atoms with Crippen LogP contribution in [0.25, 0.3) is 55.2 Å². The summed E-state index contributed by atoms with van der Waals surface area (Å²) in [7, 11) is 0. The van der Waals surface area contributed by atoms with Crippen LogP contribution in [0.5, 0.6) is 0 Å². The summed E-state index contributed by atoms with van der Waals surface area (Å²) in [6, 6.07) is 10.3. The van der Waals surface area contributed by atoms with Gasteiger partial charge in [0.2, 0.25) is 5.91 Å². The molecule has 0 fully saturated rings. The number of amides is 1. The molecule has 0 atom stereocenters. The lowest BCUT2D eigenvalue weighted by Gasteiger charge is -2.17. The lowest BCUT2D eigenvalue weighted by atomic mass is 9.92. The predicted octanol–water partition coefficient (Wildman–Crippen LogP) is 7.01. The van der Waals surface area contributed by atoms with Crippen molar-refractivity contribution in [1.29, 1.82) is 0 Å². The third-order valence-electron chi connectivity index (χ3n) is 6.49. The van der Waals surface area contributed by atoms with Crippen molar-refractivity contribution in [3.05, 3.63) is 65.7 Å². The quantitative estimate of drug-likeness (QED) is 0.186. The molecule has 0 radical (unpaired) electrons. The third-order valence-corrected chi connectivity index (χ3v) is 7.68. The predicted molar refractivity (Wildman–Crippen MR) is 158 cm³/mol. The van der Waals surface area contributed by atoms with Crippen molar-refractivity contribution in [3.63, 3.8) is 0 Å². The van der Waals surface area contributed by atoms with Crippen molar-refractivity contribution in [2.45, 2.75) is 34.1 Å². The monoisotopic (exact) mass is 567 g/mol. The van der Waals surface area contributed by atoms with E-state index in [0.29, 0.717) is 61.7 Å².